The van der Waals surface area contributed by atoms with Crippen molar-refractivity contribution in [2.24, 2.45) is 4.99 Å². The van der Waals surface area contributed by atoms with Gasteiger partial charge in [0.1, 0.15) is 11.5 Å². The smallest absolute Gasteiger partial charge is 0.191 e. The van der Waals surface area contributed by atoms with E-state index in [2.05, 4.69) is 70.8 Å². The molecule has 1 atom stereocenters. The van der Waals surface area contributed by atoms with Crippen LogP contribution < -0.4 is 10.6 Å². The van der Waals surface area contributed by atoms with Gasteiger partial charge in [0, 0.05) is 38.6 Å². The molecule has 3 rings (SSSR count). The van der Waals surface area contributed by atoms with E-state index in [1.54, 1.807) is 0 Å². The number of ether oxygens (including phenoxy) is 1. The maximum atomic E-state index is 5.95. The summed E-state index contributed by atoms with van der Waals surface area (Å²) in [5.74, 6) is 2.72. The van der Waals surface area contributed by atoms with Crippen LogP contribution in [0.2, 0.25) is 0 Å². The van der Waals surface area contributed by atoms with E-state index in [9.17, 15) is 0 Å². The minimum absolute atomic E-state index is 0.000609. The van der Waals surface area contributed by atoms with E-state index in [4.69, 9.17) is 9.15 Å². The highest BCUT2D eigenvalue weighted by atomic mass is 16.5. The lowest BCUT2D eigenvalue weighted by Gasteiger charge is -2.34. The maximum absolute atomic E-state index is 5.95. The van der Waals surface area contributed by atoms with Crippen molar-refractivity contribution in [3.05, 3.63) is 59.5 Å². The minimum Gasteiger partial charge on any atom is -0.465 e. The van der Waals surface area contributed by atoms with Crippen LogP contribution in [0.4, 0.5) is 0 Å². The van der Waals surface area contributed by atoms with Gasteiger partial charge in [-0.2, -0.15) is 0 Å². The lowest BCUT2D eigenvalue weighted by molar-refractivity contribution is 0.0124. The number of benzene rings is 1. The van der Waals surface area contributed by atoms with Gasteiger partial charge in [-0.1, -0.05) is 44.2 Å². The van der Waals surface area contributed by atoms with Crippen molar-refractivity contribution in [2.45, 2.75) is 32.2 Å². The molecule has 1 aliphatic rings. The Kier molecular flexibility index (Phi) is 7.34. The predicted octanol–water partition coefficient (Wildman–Crippen LogP) is 3.10. The van der Waals surface area contributed by atoms with Crippen LogP contribution in [0.3, 0.4) is 0 Å². The van der Waals surface area contributed by atoms with Gasteiger partial charge in [0.15, 0.2) is 5.96 Å². The summed E-state index contributed by atoms with van der Waals surface area (Å²) in [5, 5.41) is 6.98. The number of aliphatic imine (C=N–C) groups is 1. The van der Waals surface area contributed by atoms with Crippen LogP contribution >= 0.6 is 0 Å². The summed E-state index contributed by atoms with van der Waals surface area (Å²) in [6, 6.07) is 14.8. The molecule has 2 N–H and O–H groups in total. The molecule has 1 aliphatic heterocycles. The zero-order valence-electron chi connectivity index (χ0n) is 18.1. The van der Waals surface area contributed by atoms with Crippen molar-refractivity contribution in [2.75, 3.05) is 46.4 Å². The van der Waals surface area contributed by atoms with Gasteiger partial charge in [-0.3, -0.25) is 9.89 Å². The van der Waals surface area contributed by atoms with E-state index in [0.717, 1.165) is 56.9 Å². The highest BCUT2D eigenvalue weighted by molar-refractivity contribution is 5.79. The molecule has 0 amide bonds. The second kappa shape index (κ2) is 9.94. The lowest BCUT2D eigenvalue weighted by atomic mass is 9.85. The molecule has 0 aliphatic carbocycles. The molecule has 6 heteroatoms. The molecule has 2 aromatic rings. The summed E-state index contributed by atoms with van der Waals surface area (Å²) in [5.41, 5.74) is 1.31. The molecule has 1 aromatic heterocycles. The second-order valence-electron chi connectivity index (χ2n) is 8.17. The number of aryl methyl sites for hydroxylation is 1. The third-order valence-corrected chi connectivity index (χ3v) is 5.52. The van der Waals surface area contributed by atoms with Crippen LogP contribution in [-0.2, 0) is 10.2 Å². The monoisotopic (exact) mass is 398 g/mol. The largest absolute Gasteiger partial charge is 0.465 e. The molecule has 0 saturated carbocycles. The maximum Gasteiger partial charge on any atom is 0.191 e. The highest BCUT2D eigenvalue weighted by Crippen LogP contribution is 2.24. The molecule has 1 saturated heterocycles. The fourth-order valence-corrected chi connectivity index (χ4v) is 3.64. The van der Waals surface area contributed by atoms with Gasteiger partial charge >= 0.3 is 0 Å². The number of nitrogens with one attached hydrogen (secondary N) is 2. The first-order valence-electron chi connectivity index (χ1n) is 10.4. The molecular weight excluding hydrogens is 364 g/mol. The molecule has 0 radical (unpaired) electrons. The third-order valence-electron chi connectivity index (χ3n) is 5.52. The average molecular weight is 399 g/mol. The summed E-state index contributed by atoms with van der Waals surface area (Å²) in [4.78, 5) is 6.83. The van der Waals surface area contributed by atoms with Crippen molar-refractivity contribution in [1.82, 2.24) is 15.5 Å². The van der Waals surface area contributed by atoms with Crippen molar-refractivity contribution >= 4 is 5.96 Å². The van der Waals surface area contributed by atoms with Gasteiger partial charge < -0.3 is 19.8 Å². The topological polar surface area (TPSA) is 62.0 Å². The molecule has 1 unspecified atom stereocenters. The Balaban J connectivity index is 1.61. The van der Waals surface area contributed by atoms with Crippen LogP contribution in [0.25, 0.3) is 0 Å². The summed E-state index contributed by atoms with van der Waals surface area (Å²) in [6.07, 6.45) is 0. The Morgan fingerprint density at radius 1 is 1.10 bits per heavy atom. The second-order valence-corrected chi connectivity index (χ2v) is 8.17. The number of rotatable bonds is 7. The van der Waals surface area contributed by atoms with Crippen molar-refractivity contribution in [1.29, 1.82) is 0 Å². The molecular formula is C23H34N4O2. The van der Waals surface area contributed by atoms with E-state index < -0.39 is 0 Å². The number of hydrogen-bond donors (Lipinski definition) is 2. The highest BCUT2D eigenvalue weighted by Gasteiger charge is 2.26. The molecule has 6 nitrogen and oxygen atoms in total. The molecule has 1 aromatic carbocycles. The van der Waals surface area contributed by atoms with Gasteiger partial charge in [-0.25, -0.2) is 0 Å². The van der Waals surface area contributed by atoms with Gasteiger partial charge in [0.2, 0.25) is 0 Å². The quantitative estimate of drug-likeness (QED) is 0.554. The summed E-state index contributed by atoms with van der Waals surface area (Å²) >= 11 is 0. The first kappa shape index (κ1) is 21.4. The number of furan rings is 1. The normalized spacial score (nSPS) is 17.2. The van der Waals surface area contributed by atoms with Crippen molar-refractivity contribution < 1.29 is 9.15 Å². The Bertz CT molecular complexity index is 779. The fourth-order valence-electron chi connectivity index (χ4n) is 3.64. The lowest BCUT2D eigenvalue weighted by Crippen LogP contribution is -2.48. The van der Waals surface area contributed by atoms with E-state index >= 15 is 0 Å². The van der Waals surface area contributed by atoms with Crippen LogP contribution in [-0.4, -0.2) is 57.3 Å². The van der Waals surface area contributed by atoms with E-state index in [1.807, 2.05) is 20.0 Å². The zero-order chi connectivity index (χ0) is 20.7. The van der Waals surface area contributed by atoms with E-state index in [1.165, 1.54) is 5.56 Å². The molecule has 158 valence electrons. The SMILES string of the molecule is CN=C(NCC(c1ccc(C)o1)N1CCOCC1)NCC(C)(C)c1ccccc1. The van der Waals surface area contributed by atoms with E-state index in [-0.39, 0.29) is 11.5 Å². The fraction of sp³-hybridized carbons (Fsp3) is 0.522. The average Bonchev–Trinajstić information content (AvgIpc) is 3.18. The van der Waals surface area contributed by atoms with Crippen LogP contribution in [0.15, 0.2) is 51.9 Å². The minimum atomic E-state index is 0.000609. The van der Waals surface area contributed by atoms with Crippen molar-refractivity contribution in [3.8, 4) is 0 Å². The van der Waals surface area contributed by atoms with Gasteiger partial charge in [-0.15, -0.1) is 0 Å². The molecule has 0 bridgehead atoms. The Hall–Kier alpha value is -2.31. The molecule has 29 heavy (non-hydrogen) atoms. The van der Waals surface area contributed by atoms with Gasteiger partial charge in [0.25, 0.3) is 0 Å². The van der Waals surface area contributed by atoms with Crippen LogP contribution in [0, 0.1) is 6.92 Å². The number of hydrogen-bond acceptors (Lipinski definition) is 4. The predicted molar refractivity (Wildman–Crippen MR) is 117 cm³/mol. The van der Waals surface area contributed by atoms with Crippen LogP contribution in [0.1, 0.15) is 37.0 Å². The summed E-state index contributed by atoms with van der Waals surface area (Å²) in [6.45, 7) is 11.3. The zero-order valence-corrected chi connectivity index (χ0v) is 18.1. The Morgan fingerprint density at radius 3 is 2.45 bits per heavy atom. The first-order valence-corrected chi connectivity index (χ1v) is 10.4. The Labute approximate surface area is 174 Å². The number of morpholine rings is 1. The van der Waals surface area contributed by atoms with Crippen molar-refractivity contribution in [3.63, 3.8) is 0 Å². The number of nitrogens with zero attached hydrogens (tertiary/aromatic N) is 2. The molecule has 2 heterocycles. The molecule has 1 fully saturated rings. The van der Waals surface area contributed by atoms with Gasteiger partial charge in [0.05, 0.1) is 19.3 Å². The first-order chi connectivity index (χ1) is 14.0. The Morgan fingerprint density at radius 2 is 1.83 bits per heavy atom. The molecule has 0 spiro atoms. The standard InChI is InChI=1S/C23H34N4O2/c1-18-10-11-21(29-18)20(27-12-14-28-15-13-27)16-25-22(24-4)26-17-23(2,3)19-8-6-5-7-9-19/h5-11,20H,12-17H2,1-4H3,(H2,24,25,26). The van der Waals surface area contributed by atoms with E-state index in [0.29, 0.717) is 0 Å². The summed E-state index contributed by atoms with van der Waals surface area (Å²) < 4.78 is 11.5. The third kappa shape index (κ3) is 5.84. The number of guanidine groups is 1. The van der Waals surface area contributed by atoms with Crippen LogP contribution in [0.5, 0.6) is 0 Å². The van der Waals surface area contributed by atoms with Gasteiger partial charge in [-0.05, 0) is 24.6 Å². The summed E-state index contributed by atoms with van der Waals surface area (Å²) in [7, 11) is 1.81.